The molecular formula is C54H96O6. The fraction of sp³-hybridized carbons (Fsp3) is 0.796. The Hall–Kier alpha value is -2.63. The Morgan fingerprint density at radius 1 is 0.350 bits per heavy atom. The fourth-order valence-electron chi connectivity index (χ4n) is 7.23. The number of unbranched alkanes of at least 4 members (excludes halogenated alkanes) is 27. The van der Waals surface area contributed by atoms with E-state index in [2.05, 4.69) is 69.4 Å². The second-order valence-electron chi connectivity index (χ2n) is 17.1. The lowest BCUT2D eigenvalue weighted by molar-refractivity contribution is -0.167. The molecule has 0 aliphatic carbocycles. The maximum Gasteiger partial charge on any atom is 0.306 e. The summed E-state index contributed by atoms with van der Waals surface area (Å²) >= 11 is 0. The molecule has 0 rings (SSSR count). The van der Waals surface area contributed by atoms with Crippen LogP contribution in [0.2, 0.25) is 0 Å². The van der Waals surface area contributed by atoms with Crippen LogP contribution in [0.1, 0.15) is 258 Å². The summed E-state index contributed by atoms with van der Waals surface area (Å²) in [5.74, 6) is -0.959. The third-order valence-electron chi connectivity index (χ3n) is 11.1. The number of esters is 3. The Labute approximate surface area is 371 Å². The Morgan fingerprint density at radius 2 is 0.667 bits per heavy atom. The van der Waals surface area contributed by atoms with Crippen LogP contribution >= 0.6 is 0 Å². The van der Waals surface area contributed by atoms with E-state index in [1.807, 2.05) is 0 Å². The van der Waals surface area contributed by atoms with E-state index in [0.717, 1.165) is 77.0 Å². The minimum Gasteiger partial charge on any atom is -0.462 e. The fourth-order valence-corrected chi connectivity index (χ4v) is 7.23. The first-order chi connectivity index (χ1) is 29.5. The molecule has 0 fully saturated rings. The number of carbonyl (C=O) groups is 3. The van der Waals surface area contributed by atoms with Crippen LogP contribution < -0.4 is 0 Å². The molecule has 0 saturated carbocycles. The summed E-state index contributed by atoms with van der Waals surface area (Å²) in [7, 11) is 0. The van der Waals surface area contributed by atoms with Gasteiger partial charge in [-0.05, 0) is 70.6 Å². The predicted octanol–water partition coefficient (Wildman–Crippen LogP) is 16.7. The highest BCUT2D eigenvalue weighted by Gasteiger charge is 2.19. The van der Waals surface area contributed by atoms with Gasteiger partial charge in [-0.15, -0.1) is 0 Å². The molecule has 0 amide bonds. The lowest BCUT2D eigenvalue weighted by atomic mass is 10.0. The van der Waals surface area contributed by atoms with Crippen LogP contribution in [0.25, 0.3) is 0 Å². The summed E-state index contributed by atoms with van der Waals surface area (Å²) in [4.78, 5) is 37.9. The van der Waals surface area contributed by atoms with Crippen LogP contribution in [0, 0.1) is 0 Å². The van der Waals surface area contributed by atoms with E-state index in [1.54, 1.807) is 0 Å². The molecule has 0 spiro atoms. The van der Waals surface area contributed by atoms with Crippen LogP contribution in [-0.4, -0.2) is 37.2 Å². The van der Waals surface area contributed by atoms with Gasteiger partial charge in [-0.1, -0.05) is 217 Å². The SMILES string of the molecule is CC/C=C\C/C=C\C/C=C\CCCC(=O)OCC(COC(=O)CCCCCCCCCCCCCCCCCCCC)OC(=O)CCCCC/C=C\CCCCCCCC. The van der Waals surface area contributed by atoms with E-state index in [4.69, 9.17) is 14.2 Å². The van der Waals surface area contributed by atoms with E-state index in [-0.39, 0.29) is 37.5 Å². The van der Waals surface area contributed by atoms with Crippen molar-refractivity contribution in [2.24, 2.45) is 0 Å². The Balaban J connectivity index is 4.36. The summed E-state index contributed by atoms with van der Waals surface area (Å²) in [6, 6.07) is 0. The molecule has 0 bridgehead atoms. The minimum absolute atomic E-state index is 0.0925. The molecule has 6 heteroatoms. The second-order valence-corrected chi connectivity index (χ2v) is 17.1. The van der Waals surface area contributed by atoms with Gasteiger partial charge in [0.05, 0.1) is 0 Å². The standard InChI is InChI=1S/C54H96O6/c1-4-7-10-13-16-19-22-24-25-26-27-28-30-32-35-38-41-44-47-53(56)59-50-51(49-58-52(55)46-43-40-37-34-31-21-18-15-12-9-6-3)60-54(57)48-45-42-39-36-33-29-23-20-17-14-11-8-5-2/h9,12,18,21,29,33-34,37,51H,4-8,10-11,13-17,19-20,22-28,30-32,35-36,38-50H2,1-3H3/b12-9-,21-18-,33-29-,37-34-. The molecule has 0 N–H and O–H groups in total. The molecule has 60 heavy (non-hydrogen) atoms. The van der Waals surface area contributed by atoms with Gasteiger partial charge in [-0.25, -0.2) is 0 Å². The number of ether oxygens (including phenoxy) is 3. The van der Waals surface area contributed by atoms with E-state index < -0.39 is 6.10 Å². The maximum atomic E-state index is 12.7. The topological polar surface area (TPSA) is 78.9 Å². The molecule has 0 radical (unpaired) electrons. The van der Waals surface area contributed by atoms with Crippen LogP contribution in [0.15, 0.2) is 48.6 Å². The first-order valence-corrected chi connectivity index (χ1v) is 25.6. The molecule has 0 aliphatic heterocycles. The molecule has 348 valence electrons. The van der Waals surface area contributed by atoms with Crippen molar-refractivity contribution in [3.05, 3.63) is 48.6 Å². The Kier molecular flexibility index (Phi) is 46.9. The van der Waals surface area contributed by atoms with Crippen LogP contribution in [0.3, 0.4) is 0 Å². The highest BCUT2D eigenvalue weighted by molar-refractivity contribution is 5.71. The quantitative estimate of drug-likeness (QED) is 0.0263. The van der Waals surface area contributed by atoms with Crippen LogP contribution in [0.4, 0.5) is 0 Å². The van der Waals surface area contributed by atoms with Crippen molar-refractivity contribution in [1.29, 1.82) is 0 Å². The smallest absolute Gasteiger partial charge is 0.306 e. The van der Waals surface area contributed by atoms with Crippen molar-refractivity contribution in [2.45, 2.75) is 264 Å². The first-order valence-electron chi connectivity index (χ1n) is 25.6. The molecule has 0 aliphatic rings. The minimum atomic E-state index is -0.797. The number of carbonyl (C=O) groups excluding carboxylic acids is 3. The summed E-state index contributed by atoms with van der Waals surface area (Å²) < 4.78 is 16.7. The van der Waals surface area contributed by atoms with Gasteiger partial charge in [0, 0.05) is 19.3 Å². The van der Waals surface area contributed by atoms with Gasteiger partial charge >= 0.3 is 17.9 Å². The number of hydrogen-bond donors (Lipinski definition) is 0. The average Bonchev–Trinajstić information content (AvgIpc) is 3.24. The third-order valence-corrected chi connectivity index (χ3v) is 11.1. The van der Waals surface area contributed by atoms with Crippen LogP contribution in [-0.2, 0) is 28.6 Å². The Bertz CT molecular complexity index is 1060. The zero-order valence-corrected chi connectivity index (χ0v) is 39.7. The predicted molar refractivity (Wildman–Crippen MR) is 256 cm³/mol. The monoisotopic (exact) mass is 841 g/mol. The summed E-state index contributed by atoms with van der Waals surface area (Å²) in [5, 5.41) is 0. The van der Waals surface area contributed by atoms with Crippen molar-refractivity contribution in [1.82, 2.24) is 0 Å². The summed E-state index contributed by atoms with van der Waals surface area (Å²) in [5.41, 5.74) is 0. The van der Waals surface area contributed by atoms with E-state index in [1.165, 1.54) is 135 Å². The normalized spacial score (nSPS) is 12.4. The molecule has 0 aromatic carbocycles. The van der Waals surface area contributed by atoms with Gasteiger partial charge in [-0.3, -0.25) is 14.4 Å². The molecule has 0 aromatic rings. The van der Waals surface area contributed by atoms with Crippen molar-refractivity contribution >= 4 is 17.9 Å². The Morgan fingerprint density at radius 3 is 1.12 bits per heavy atom. The second kappa shape index (κ2) is 49.0. The van der Waals surface area contributed by atoms with Gasteiger partial charge in [0.1, 0.15) is 13.2 Å². The van der Waals surface area contributed by atoms with E-state index in [9.17, 15) is 14.4 Å². The number of allylic oxidation sites excluding steroid dienone is 8. The van der Waals surface area contributed by atoms with Gasteiger partial charge < -0.3 is 14.2 Å². The third kappa shape index (κ3) is 46.4. The van der Waals surface area contributed by atoms with Gasteiger partial charge in [0.25, 0.3) is 0 Å². The molecular weight excluding hydrogens is 745 g/mol. The largest absolute Gasteiger partial charge is 0.462 e. The first kappa shape index (κ1) is 57.4. The van der Waals surface area contributed by atoms with Gasteiger partial charge in [0.2, 0.25) is 0 Å². The number of rotatable bonds is 46. The molecule has 1 atom stereocenters. The molecule has 0 heterocycles. The lowest BCUT2D eigenvalue weighted by Crippen LogP contribution is -2.30. The molecule has 6 nitrogen and oxygen atoms in total. The number of hydrogen-bond acceptors (Lipinski definition) is 6. The van der Waals surface area contributed by atoms with Gasteiger partial charge in [0.15, 0.2) is 6.10 Å². The summed E-state index contributed by atoms with van der Waals surface area (Å²) in [6.45, 7) is 6.47. The average molecular weight is 841 g/mol. The van der Waals surface area contributed by atoms with Crippen molar-refractivity contribution in [3.8, 4) is 0 Å². The highest BCUT2D eigenvalue weighted by atomic mass is 16.6. The molecule has 1 unspecified atom stereocenters. The van der Waals surface area contributed by atoms with E-state index >= 15 is 0 Å². The van der Waals surface area contributed by atoms with E-state index in [0.29, 0.717) is 19.3 Å². The maximum absolute atomic E-state index is 12.7. The molecule has 0 saturated heterocycles. The van der Waals surface area contributed by atoms with Crippen LogP contribution in [0.5, 0.6) is 0 Å². The van der Waals surface area contributed by atoms with Crippen molar-refractivity contribution in [3.63, 3.8) is 0 Å². The van der Waals surface area contributed by atoms with Crippen molar-refractivity contribution < 1.29 is 28.6 Å². The highest BCUT2D eigenvalue weighted by Crippen LogP contribution is 2.16. The zero-order chi connectivity index (χ0) is 43.7. The summed E-state index contributed by atoms with van der Waals surface area (Å²) in [6.07, 6.45) is 58.3. The zero-order valence-electron chi connectivity index (χ0n) is 39.7. The van der Waals surface area contributed by atoms with Crippen molar-refractivity contribution in [2.75, 3.05) is 13.2 Å². The molecule has 0 aromatic heterocycles. The van der Waals surface area contributed by atoms with Gasteiger partial charge in [-0.2, -0.15) is 0 Å². The lowest BCUT2D eigenvalue weighted by Gasteiger charge is -2.18.